The fourth-order valence-electron chi connectivity index (χ4n) is 4.67. The van der Waals surface area contributed by atoms with E-state index in [1.807, 2.05) is 30.4 Å². The summed E-state index contributed by atoms with van der Waals surface area (Å²) in [5.74, 6) is 0.624. The molecule has 3 aromatic rings. The third-order valence-electron chi connectivity index (χ3n) is 6.42. The van der Waals surface area contributed by atoms with E-state index >= 15 is 0 Å². The van der Waals surface area contributed by atoms with Gasteiger partial charge < -0.3 is 4.90 Å². The molecule has 0 spiro atoms. The van der Waals surface area contributed by atoms with Crippen molar-refractivity contribution in [1.82, 2.24) is 24.6 Å². The summed E-state index contributed by atoms with van der Waals surface area (Å²) < 4.78 is 1.66. The zero-order chi connectivity index (χ0) is 21.6. The van der Waals surface area contributed by atoms with E-state index < -0.39 is 0 Å². The second-order valence-corrected chi connectivity index (χ2v) is 8.50. The Labute approximate surface area is 184 Å². The van der Waals surface area contributed by atoms with Crippen molar-refractivity contribution in [1.29, 1.82) is 0 Å². The van der Waals surface area contributed by atoms with Crippen LogP contribution in [0.2, 0.25) is 0 Å². The van der Waals surface area contributed by atoms with Crippen LogP contribution < -0.4 is 0 Å². The smallest absolute Gasteiger partial charge is 0.272 e. The molecule has 3 heterocycles. The number of piperidine rings is 1. The molecule has 6 nitrogen and oxygen atoms in total. The van der Waals surface area contributed by atoms with Gasteiger partial charge in [-0.2, -0.15) is 5.10 Å². The van der Waals surface area contributed by atoms with Crippen molar-refractivity contribution in [2.45, 2.75) is 31.8 Å². The van der Waals surface area contributed by atoms with Gasteiger partial charge >= 0.3 is 0 Å². The van der Waals surface area contributed by atoms with Crippen molar-refractivity contribution in [2.75, 3.05) is 20.1 Å². The van der Waals surface area contributed by atoms with Crippen molar-refractivity contribution in [2.24, 2.45) is 13.0 Å². The molecule has 0 saturated carbocycles. The van der Waals surface area contributed by atoms with E-state index in [0.717, 1.165) is 38.9 Å². The number of likely N-dealkylation sites (tertiary alicyclic amines) is 1. The van der Waals surface area contributed by atoms with Crippen LogP contribution in [0, 0.1) is 5.92 Å². The van der Waals surface area contributed by atoms with Gasteiger partial charge in [0.05, 0.1) is 0 Å². The lowest BCUT2D eigenvalue weighted by Crippen LogP contribution is -2.46. The van der Waals surface area contributed by atoms with Gasteiger partial charge in [-0.1, -0.05) is 36.4 Å². The van der Waals surface area contributed by atoms with E-state index in [2.05, 4.69) is 58.4 Å². The van der Waals surface area contributed by atoms with Crippen LogP contribution in [-0.2, 0) is 20.0 Å². The summed E-state index contributed by atoms with van der Waals surface area (Å²) >= 11 is 0. The maximum atomic E-state index is 12.9. The summed E-state index contributed by atoms with van der Waals surface area (Å²) in [7, 11) is 4.04. The topological polar surface area (TPSA) is 54.3 Å². The molecule has 1 atom stereocenters. The van der Waals surface area contributed by atoms with E-state index in [1.54, 1.807) is 16.9 Å². The third kappa shape index (κ3) is 5.20. The molecule has 2 aromatic heterocycles. The average Bonchev–Trinajstić information content (AvgIpc) is 3.24. The second kappa shape index (κ2) is 9.88. The summed E-state index contributed by atoms with van der Waals surface area (Å²) in [6, 6.07) is 17.1. The van der Waals surface area contributed by atoms with Gasteiger partial charge in [0.2, 0.25) is 0 Å². The number of rotatable bonds is 7. The van der Waals surface area contributed by atoms with Crippen molar-refractivity contribution < 1.29 is 4.79 Å². The Kier molecular flexibility index (Phi) is 6.77. The first-order valence-electron chi connectivity index (χ1n) is 11.0. The molecule has 1 aliphatic rings. The minimum Gasteiger partial charge on any atom is -0.337 e. The zero-order valence-corrected chi connectivity index (χ0v) is 18.4. The molecule has 1 aliphatic heterocycles. The fourth-order valence-corrected chi connectivity index (χ4v) is 4.67. The number of pyridine rings is 1. The van der Waals surface area contributed by atoms with Gasteiger partial charge in [-0.05, 0) is 55.5 Å². The van der Waals surface area contributed by atoms with Crippen LogP contribution >= 0.6 is 0 Å². The number of aromatic nitrogens is 3. The summed E-state index contributed by atoms with van der Waals surface area (Å²) in [6.07, 6.45) is 8.49. The van der Waals surface area contributed by atoms with Gasteiger partial charge in [-0.25, -0.2) is 0 Å². The standard InChI is InChI=1S/C25H31N5O/c1-28(19-21-9-6-13-26-18-21)24(17-20-7-4-3-5-8-20)22-11-15-30(16-12-22)25(31)23-10-14-27-29(23)2/h3-10,13-14,18,22,24H,11-12,15-17,19H2,1-2H3/t24-/m1/s1. The number of carbonyl (C=O) groups excluding carboxylic acids is 1. The van der Waals surface area contributed by atoms with Gasteiger partial charge in [0.15, 0.2) is 0 Å². The number of benzene rings is 1. The Balaban J connectivity index is 1.45. The van der Waals surface area contributed by atoms with Crippen molar-refractivity contribution in [3.63, 3.8) is 0 Å². The molecule has 1 aromatic carbocycles. The number of amides is 1. The second-order valence-electron chi connectivity index (χ2n) is 8.50. The quantitative estimate of drug-likeness (QED) is 0.591. The predicted molar refractivity (Wildman–Crippen MR) is 121 cm³/mol. The Bertz CT molecular complexity index is 964. The Morgan fingerprint density at radius 1 is 1.06 bits per heavy atom. The molecular formula is C25H31N5O. The largest absolute Gasteiger partial charge is 0.337 e. The number of likely N-dealkylation sites (N-methyl/N-ethyl adjacent to an activating group) is 1. The van der Waals surface area contributed by atoms with Crippen LogP contribution in [0.3, 0.4) is 0 Å². The van der Waals surface area contributed by atoms with E-state index in [0.29, 0.717) is 17.7 Å². The monoisotopic (exact) mass is 417 g/mol. The van der Waals surface area contributed by atoms with Crippen molar-refractivity contribution >= 4 is 5.91 Å². The molecule has 0 aliphatic carbocycles. The van der Waals surface area contributed by atoms with Crippen LogP contribution in [0.15, 0.2) is 67.1 Å². The van der Waals surface area contributed by atoms with E-state index in [1.165, 1.54) is 11.1 Å². The zero-order valence-electron chi connectivity index (χ0n) is 18.4. The van der Waals surface area contributed by atoms with Gasteiger partial charge in [0, 0.05) is 51.3 Å². The van der Waals surface area contributed by atoms with Gasteiger partial charge in [-0.3, -0.25) is 19.4 Å². The summed E-state index contributed by atoms with van der Waals surface area (Å²) in [6.45, 7) is 2.46. The summed E-state index contributed by atoms with van der Waals surface area (Å²) in [4.78, 5) is 21.6. The highest BCUT2D eigenvalue weighted by molar-refractivity contribution is 5.92. The minimum atomic E-state index is 0.0850. The Morgan fingerprint density at radius 2 is 1.81 bits per heavy atom. The Hall–Kier alpha value is -2.99. The maximum absolute atomic E-state index is 12.9. The van der Waals surface area contributed by atoms with Crippen LogP contribution in [0.25, 0.3) is 0 Å². The highest BCUT2D eigenvalue weighted by atomic mass is 16.2. The molecule has 0 N–H and O–H groups in total. The van der Waals surface area contributed by atoms with E-state index in [9.17, 15) is 4.79 Å². The number of aryl methyl sites for hydroxylation is 1. The maximum Gasteiger partial charge on any atom is 0.272 e. The molecular weight excluding hydrogens is 386 g/mol. The molecule has 0 radical (unpaired) electrons. The molecule has 6 heteroatoms. The molecule has 0 bridgehead atoms. The van der Waals surface area contributed by atoms with E-state index in [4.69, 9.17) is 0 Å². The van der Waals surface area contributed by atoms with Gasteiger partial charge in [0.25, 0.3) is 5.91 Å². The molecule has 162 valence electrons. The molecule has 4 rings (SSSR count). The lowest BCUT2D eigenvalue weighted by atomic mass is 9.84. The first-order chi connectivity index (χ1) is 15.1. The lowest BCUT2D eigenvalue weighted by Gasteiger charge is -2.40. The van der Waals surface area contributed by atoms with Crippen LogP contribution in [0.1, 0.15) is 34.5 Å². The average molecular weight is 418 g/mol. The van der Waals surface area contributed by atoms with E-state index in [-0.39, 0.29) is 5.91 Å². The molecule has 31 heavy (non-hydrogen) atoms. The van der Waals surface area contributed by atoms with Gasteiger partial charge in [0.1, 0.15) is 5.69 Å². The molecule has 1 amide bonds. The number of nitrogens with zero attached hydrogens (tertiary/aromatic N) is 5. The Morgan fingerprint density at radius 3 is 2.45 bits per heavy atom. The number of carbonyl (C=O) groups is 1. The molecule has 1 fully saturated rings. The molecule has 0 unspecified atom stereocenters. The highest BCUT2D eigenvalue weighted by Crippen LogP contribution is 2.28. The molecule has 1 saturated heterocycles. The van der Waals surface area contributed by atoms with Crippen LogP contribution in [0.5, 0.6) is 0 Å². The highest BCUT2D eigenvalue weighted by Gasteiger charge is 2.31. The number of hydrogen-bond acceptors (Lipinski definition) is 4. The third-order valence-corrected chi connectivity index (χ3v) is 6.42. The normalized spacial score (nSPS) is 15.9. The first kappa shape index (κ1) is 21.2. The first-order valence-corrected chi connectivity index (χ1v) is 11.0. The fraction of sp³-hybridized carbons (Fsp3) is 0.400. The lowest BCUT2D eigenvalue weighted by molar-refractivity contribution is 0.0593. The summed E-state index contributed by atoms with van der Waals surface area (Å²) in [5.41, 5.74) is 3.25. The van der Waals surface area contributed by atoms with Crippen molar-refractivity contribution in [3.05, 3.63) is 83.9 Å². The minimum absolute atomic E-state index is 0.0850. The number of hydrogen-bond donors (Lipinski definition) is 0. The predicted octanol–water partition coefficient (Wildman–Crippen LogP) is 3.41. The SMILES string of the molecule is CN(Cc1cccnc1)[C@H](Cc1ccccc1)C1CCN(C(=O)c2ccnn2C)CC1. The summed E-state index contributed by atoms with van der Waals surface area (Å²) in [5, 5.41) is 4.14. The van der Waals surface area contributed by atoms with Crippen molar-refractivity contribution in [3.8, 4) is 0 Å². The van der Waals surface area contributed by atoms with Crippen LogP contribution in [0.4, 0.5) is 0 Å². The van der Waals surface area contributed by atoms with Gasteiger partial charge in [-0.15, -0.1) is 0 Å². The van der Waals surface area contributed by atoms with Crippen LogP contribution in [-0.4, -0.2) is 56.7 Å².